The second-order valence-electron chi connectivity index (χ2n) is 7.79. The Balaban J connectivity index is 1.32. The lowest BCUT2D eigenvalue weighted by molar-refractivity contribution is 0.0661. The van der Waals surface area contributed by atoms with Crippen molar-refractivity contribution in [1.29, 1.82) is 0 Å². The predicted molar refractivity (Wildman–Crippen MR) is 125 cm³/mol. The third kappa shape index (κ3) is 5.76. The Morgan fingerprint density at radius 2 is 1.81 bits per heavy atom. The Hall–Kier alpha value is -2.68. The van der Waals surface area contributed by atoms with Crippen molar-refractivity contribution in [2.75, 3.05) is 19.7 Å². The molecule has 1 aliphatic heterocycles. The van der Waals surface area contributed by atoms with Gasteiger partial charge in [-0.05, 0) is 60.5 Å². The smallest absolute Gasteiger partial charge is 0.253 e. The highest BCUT2D eigenvalue weighted by atomic mass is 32.2. The van der Waals surface area contributed by atoms with Gasteiger partial charge in [-0.2, -0.15) is 0 Å². The zero-order chi connectivity index (χ0) is 22.4. The van der Waals surface area contributed by atoms with Crippen LogP contribution in [0.2, 0.25) is 0 Å². The van der Waals surface area contributed by atoms with Crippen molar-refractivity contribution in [3.05, 3.63) is 82.6 Å². The third-order valence-corrected chi connectivity index (χ3v) is 7.81. The van der Waals surface area contributed by atoms with Crippen LogP contribution in [0.1, 0.15) is 28.1 Å². The van der Waals surface area contributed by atoms with Crippen molar-refractivity contribution in [3.8, 4) is 5.75 Å². The number of carbonyl (C=O) groups excluding carboxylic acids is 1. The fourth-order valence-electron chi connectivity index (χ4n) is 3.68. The SMILES string of the molecule is O=C(c1cccc(S(=O)(=O)NCc2cccs2)c1)N1CCC(COc2ccccc2)CC1. The Labute approximate surface area is 192 Å². The number of nitrogens with zero attached hydrogens (tertiary/aromatic N) is 1. The van der Waals surface area contributed by atoms with Crippen LogP contribution >= 0.6 is 11.3 Å². The molecule has 1 saturated heterocycles. The number of carbonyl (C=O) groups is 1. The Morgan fingerprint density at radius 3 is 2.53 bits per heavy atom. The Morgan fingerprint density at radius 1 is 1.03 bits per heavy atom. The fourth-order valence-corrected chi connectivity index (χ4v) is 5.46. The molecular weight excluding hydrogens is 444 g/mol. The van der Waals surface area contributed by atoms with E-state index in [1.165, 1.54) is 23.5 Å². The minimum atomic E-state index is -3.70. The van der Waals surface area contributed by atoms with E-state index in [4.69, 9.17) is 4.74 Å². The van der Waals surface area contributed by atoms with E-state index in [1.807, 2.05) is 47.8 Å². The van der Waals surface area contributed by atoms with Gasteiger partial charge >= 0.3 is 0 Å². The van der Waals surface area contributed by atoms with Crippen molar-refractivity contribution < 1.29 is 17.9 Å². The lowest BCUT2D eigenvalue weighted by Gasteiger charge is -2.32. The number of sulfonamides is 1. The summed E-state index contributed by atoms with van der Waals surface area (Å²) in [5.74, 6) is 1.12. The van der Waals surface area contributed by atoms with Gasteiger partial charge in [-0.3, -0.25) is 4.79 Å². The van der Waals surface area contributed by atoms with Crippen molar-refractivity contribution in [2.45, 2.75) is 24.3 Å². The topological polar surface area (TPSA) is 75.7 Å². The maximum atomic E-state index is 13.0. The fraction of sp³-hybridized carbons (Fsp3) is 0.292. The van der Waals surface area contributed by atoms with E-state index < -0.39 is 10.0 Å². The molecule has 0 spiro atoms. The van der Waals surface area contributed by atoms with Gasteiger partial charge in [0.1, 0.15) is 5.75 Å². The summed E-state index contributed by atoms with van der Waals surface area (Å²) in [6.07, 6.45) is 1.72. The number of likely N-dealkylation sites (tertiary alicyclic amines) is 1. The van der Waals surface area contributed by atoms with Gasteiger partial charge in [0.05, 0.1) is 11.5 Å². The zero-order valence-corrected chi connectivity index (χ0v) is 19.3. The van der Waals surface area contributed by atoms with E-state index in [2.05, 4.69) is 4.72 Å². The first-order chi connectivity index (χ1) is 15.5. The van der Waals surface area contributed by atoms with Gasteiger partial charge in [0.25, 0.3) is 5.91 Å². The summed E-state index contributed by atoms with van der Waals surface area (Å²) in [6.45, 7) is 2.14. The number of nitrogens with one attached hydrogen (secondary N) is 1. The van der Waals surface area contributed by atoms with Gasteiger partial charge in [-0.25, -0.2) is 13.1 Å². The lowest BCUT2D eigenvalue weighted by atomic mass is 9.97. The van der Waals surface area contributed by atoms with Gasteiger partial charge in [0, 0.05) is 30.1 Å². The van der Waals surface area contributed by atoms with E-state index in [0.717, 1.165) is 23.5 Å². The molecule has 1 aliphatic rings. The molecule has 1 fully saturated rings. The molecule has 8 heteroatoms. The van der Waals surface area contributed by atoms with Crippen LogP contribution in [0, 0.1) is 5.92 Å². The number of amides is 1. The van der Waals surface area contributed by atoms with Crippen LogP contribution in [0.5, 0.6) is 5.75 Å². The second-order valence-corrected chi connectivity index (χ2v) is 10.6. The Kier molecular flexibility index (Phi) is 7.24. The standard InChI is InChI=1S/C24H26N2O4S2/c27-24(26-13-11-19(12-14-26)18-30-21-7-2-1-3-8-21)20-6-4-10-23(16-20)32(28,29)25-17-22-9-5-15-31-22/h1-10,15-16,19,25H,11-14,17-18H2. The van der Waals surface area contributed by atoms with Crippen LogP contribution in [-0.4, -0.2) is 38.9 Å². The number of para-hydroxylation sites is 1. The lowest BCUT2D eigenvalue weighted by Crippen LogP contribution is -2.39. The van der Waals surface area contributed by atoms with Gasteiger partial charge in [-0.1, -0.05) is 30.3 Å². The summed E-state index contributed by atoms with van der Waals surface area (Å²) in [7, 11) is -3.70. The highest BCUT2D eigenvalue weighted by Crippen LogP contribution is 2.22. The molecule has 0 unspecified atom stereocenters. The molecule has 2 heterocycles. The summed E-state index contributed by atoms with van der Waals surface area (Å²) in [4.78, 5) is 15.8. The average molecular weight is 471 g/mol. The number of benzene rings is 2. The quantitative estimate of drug-likeness (QED) is 0.536. The highest BCUT2D eigenvalue weighted by molar-refractivity contribution is 7.89. The molecule has 0 saturated carbocycles. The molecule has 32 heavy (non-hydrogen) atoms. The molecule has 168 valence electrons. The number of hydrogen-bond donors (Lipinski definition) is 1. The normalized spacial score (nSPS) is 14.9. The van der Waals surface area contributed by atoms with Crippen LogP contribution in [0.15, 0.2) is 77.0 Å². The minimum absolute atomic E-state index is 0.103. The third-order valence-electron chi connectivity index (χ3n) is 5.54. The molecule has 0 bridgehead atoms. The van der Waals surface area contributed by atoms with Crippen molar-refractivity contribution in [1.82, 2.24) is 9.62 Å². The Bertz CT molecular complexity index is 1120. The molecule has 6 nitrogen and oxygen atoms in total. The molecule has 4 rings (SSSR count). The average Bonchev–Trinajstić information content (AvgIpc) is 3.36. The van der Waals surface area contributed by atoms with Gasteiger partial charge in [0.15, 0.2) is 0 Å². The monoisotopic (exact) mass is 470 g/mol. The maximum absolute atomic E-state index is 13.0. The zero-order valence-electron chi connectivity index (χ0n) is 17.6. The minimum Gasteiger partial charge on any atom is -0.493 e. The number of piperidine rings is 1. The van der Waals surface area contributed by atoms with E-state index >= 15 is 0 Å². The molecule has 2 aromatic carbocycles. The number of thiophene rings is 1. The van der Waals surface area contributed by atoms with E-state index in [-0.39, 0.29) is 17.3 Å². The van der Waals surface area contributed by atoms with Crippen molar-refractivity contribution in [3.63, 3.8) is 0 Å². The number of hydrogen-bond acceptors (Lipinski definition) is 5. The highest BCUT2D eigenvalue weighted by Gasteiger charge is 2.25. The summed E-state index contributed by atoms with van der Waals surface area (Å²) < 4.78 is 33.8. The van der Waals surface area contributed by atoms with Gasteiger partial charge in [0.2, 0.25) is 10.0 Å². The van der Waals surface area contributed by atoms with Crippen LogP contribution < -0.4 is 9.46 Å². The summed E-state index contributed by atoms with van der Waals surface area (Å²) in [5, 5.41) is 1.90. The summed E-state index contributed by atoms with van der Waals surface area (Å²) in [5.41, 5.74) is 0.392. The second kappa shape index (κ2) is 10.3. The molecule has 0 radical (unpaired) electrons. The van der Waals surface area contributed by atoms with Crippen LogP contribution in [0.25, 0.3) is 0 Å². The first-order valence-electron chi connectivity index (χ1n) is 10.6. The molecule has 3 aromatic rings. The maximum Gasteiger partial charge on any atom is 0.253 e. The van der Waals surface area contributed by atoms with Gasteiger partial charge in [-0.15, -0.1) is 11.3 Å². The van der Waals surface area contributed by atoms with Crippen LogP contribution in [0.4, 0.5) is 0 Å². The molecule has 0 atom stereocenters. The largest absolute Gasteiger partial charge is 0.493 e. The molecular formula is C24H26N2O4S2. The van der Waals surface area contributed by atoms with Crippen LogP contribution in [0.3, 0.4) is 0 Å². The van der Waals surface area contributed by atoms with E-state index in [9.17, 15) is 13.2 Å². The van der Waals surface area contributed by atoms with E-state index in [1.54, 1.807) is 17.0 Å². The summed E-state index contributed by atoms with van der Waals surface area (Å²) in [6, 6.07) is 19.8. The van der Waals surface area contributed by atoms with E-state index in [0.29, 0.717) is 31.2 Å². The molecule has 0 aliphatic carbocycles. The summed E-state index contributed by atoms with van der Waals surface area (Å²) >= 11 is 1.49. The van der Waals surface area contributed by atoms with Gasteiger partial charge < -0.3 is 9.64 Å². The molecule has 1 amide bonds. The molecule has 1 aromatic heterocycles. The van der Waals surface area contributed by atoms with Crippen molar-refractivity contribution >= 4 is 27.3 Å². The first kappa shape index (κ1) is 22.5. The number of ether oxygens (including phenoxy) is 1. The first-order valence-corrected chi connectivity index (χ1v) is 13.0. The van der Waals surface area contributed by atoms with Crippen molar-refractivity contribution in [2.24, 2.45) is 5.92 Å². The number of rotatable bonds is 8. The van der Waals surface area contributed by atoms with Crippen LogP contribution in [-0.2, 0) is 16.6 Å². The molecule has 1 N–H and O–H groups in total. The predicted octanol–water partition coefficient (Wildman–Crippen LogP) is 4.16.